The molecule has 34 heavy (non-hydrogen) atoms. The molecule has 0 saturated carbocycles. The number of aromatic nitrogens is 3. The van der Waals surface area contributed by atoms with Crippen LogP contribution >= 0.6 is 0 Å². The second-order valence-electron chi connectivity index (χ2n) is 9.15. The number of hydrogen-bond acceptors (Lipinski definition) is 4. The molecule has 8 heteroatoms. The maximum Gasteiger partial charge on any atom is 0.274 e. The van der Waals surface area contributed by atoms with Crippen molar-refractivity contribution in [3.05, 3.63) is 70.9 Å². The van der Waals surface area contributed by atoms with Gasteiger partial charge in [-0.1, -0.05) is 6.07 Å². The summed E-state index contributed by atoms with van der Waals surface area (Å²) in [5.41, 5.74) is 4.34. The predicted molar refractivity (Wildman–Crippen MR) is 126 cm³/mol. The van der Waals surface area contributed by atoms with E-state index in [2.05, 4.69) is 10.3 Å². The number of piperidine rings is 1. The molecule has 1 saturated heterocycles. The summed E-state index contributed by atoms with van der Waals surface area (Å²) in [6.07, 6.45) is 6.67. The van der Waals surface area contributed by atoms with Gasteiger partial charge in [-0.3, -0.25) is 9.59 Å². The van der Waals surface area contributed by atoms with Crippen LogP contribution in [0.4, 0.5) is 10.2 Å². The first kappa shape index (κ1) is 22.3. The first-order valence-corrected chi connectivity index (χ1v) is 11.9. The van der Waals surface area contributed by atoms with Gasteiger partial charge in [0, 0.05) is 36.5 Å². The van der Waals surface area contributed by atoms with Crippen molar-refractivity contribution in [3.8, 4) is 5.69 Å². The van der Waals surface area contributed by atoms with Gasteiger partial charge >= 0.3 is 0 Å². The fraction of sp³-hybridized carbons (Fsp3) is 0.385. The van der Waals surface area contributed by atoms with Crippen LogP contribution in [0.15, 0.2) is 42.6 Å². The van der Waals surface area contributed by atoms with Crippen LogP contribution in [-0.4, -0.2) is 44.6 Å². The second-order valence-corrected chi connectivity index (χ2v) is 9.15. The summed E-state index contributed by atoms with van der Waals surface area (Å²) in [6, 6.07) is 9.92. The molecule has 3 aromatic rings. The third-order valence-electron chi connectivity index (χ3n) is 6.77. The first-order chi connectivity index (χ1) is 16.5. The Morgan fingerprint density at radius 1 is 1.03 bits per heavy atom. The highest BCUT2D eigenvalue weighted by Crippen LogP contribution is 2.29. The van der Waals surface area contributed by atoms with Gasteiger partial charge in [0.1, 0.15) is 11.6 Å². The average Bonchev–Trinajstić information content (AvgIpc) is 3.25. The van der Waals surface area contributed by atoms with Crippen LogP contribution in [0, 0.1) is 18.7 Å². The quantitative estimate of drug-likeness (QED) is 0.635. The number of nitrogens with zero attached hydrogens (tertiary/aromatic N) is 4. The SMILES string of the molecule is Cc1ccc(NC(=O)C2CCN(C(=O)c3nn(-c4ccc(F)cc4)c4c3CCCC4)CC2)nc1. The van der Waals surface area contributed by atoms with Crippen molar-refractivity contribution >= 4 is 17.6 Å². The van der Waals surface area contributed by atoms with E-state index in [1.807, 2.05) is 13.0 Å². The number of aryl methyl sites for hydroxylation is 1. The predicted octanol–water partition coefficient (Wildman–Crippen LogP) is 4.08. The highest BCUT2D eigenvalue weighted by Gasteiger charge is 2.32. The lowest BCUT2D eigenvalue weighted by Gasteiger charge is -2.31. The highest BCUT2D eigenvalue weighted by atomic mass is 19.1. The van der Waals surface area contributed by atoms with E-state index < -0.39 is 0 Å². The molecule has 1 fully saturated rings. The molecule has 0 bridgehead atoms. The van der Waals surface area contributed by atoms with Crippen LogP contribution in [0.5, 0.6) is 0 Å². The van der Waals surface area contributed by atoms with E-state index in [4.69, 9.17) is 5.10 Å². The third-order valence-corrected chi connectivity index (χ3v) is 6.77. The Balaban J connectivity index is 1.28. The van der Waals surface area contributed by atoms with Gasteiger partial charge in [0.15, 0.2) is 5.69 Å². The largest absolute Gasteiger partial charge is 0.337 e. The van der Waals surface area contributed by atoms with Crippen molar-refractivity contribution < 1.29 is 14.0 Å². The minimum absolute atomic E-state index is 0.0542. The van der Waals surface area contributed by atoms with Crippen molar-refractivity contribution in [3.63, 3.8) is 0 Å². The molecule has 0 spiro atoms. The number of amides is 2. The number of rotatable bonds is 4. The Kier molecular flexibility index (Phi) is 6.13. The summed E-state index contributed by atoms with van der Waals surface area (Å²) >= 11 is 0. The van der Waals surface area contributed by atoms with Crippen LogP contribution < -0.4 is 5.32 Å². The van der Waals surface area contributed by atoms with Gasteiger partial charge in [-0.2, -0.15) is 5.10 Å². The number of likely N-dealkylation sites (tertiary alicyclic amines) is 1. The van der Waals surface area contributed by atoms with E-state index >= 15 is 0 Å². The van der Waals surface area contributed by atoms with Crippen LogP contribution in [0.3, 0.4) is 0 Å². The molecule has 7 nitrogen and oxygen atoms in total. The standard InChI is InChI=1S/C26H28FN5O2/c1-17-6-11-23(28-16-17)29-25(33)18-12-14-31(15-13-18)26(34)24-21-4-2-3-5-22(21)32(30-24)20-9-7-19(27)8-10-20/h6-11,16,18H,2-5,12-15H2,1H3,(H,28,29,33). The second kappa shape index (κ2) is 9.37. The van der Waals surface area contributed by atoms with Crippen molar-refractivity contribution in [2.45, 2.75) is 45.4 Å². The van der Waals surface area contributed by atoms with Gasteiger partial charge in [0.25, 0.3) is 5.91 Å². The van der Waals surface area contributed by atoms with Gasteiger partial charge in [-0.15, -0.1) is 0 Å². The van der Waals surface area contributed by atoms with E-state index in [9.17, 15) is 14.0 Å². The van der Waals surface area contributed by atoms with E-state index in [1.54, 1.807) is 34.0 Å². The van der Waals surface area contributed by atoms with Gasteiger partial charge in [0.2, 0.25) is 5.91 Å². The number of hydrogen-bond donors (Lipinski definition) is 1. The molecule has 1 N–H and O–H groups in total. The third kappa shape index (κ3) is 4.44. The van der Waals surface area contributed by atoms with Crippen LogP contribution in [0.2, 0.25) is 0 Å². The van der Waals surface area contributed by atoms with Crippen LogP contribution in [-0.2, 0) is 17.6 Å². The maximum atomic E-state index is 13.4. The minimum Gasteiger partial charge on any atom is -0.337 e. The van der Waals surface area contributed by atoms with Gasteiger partial charge < -0.3 is 10.2 Å². The molecule has 0 radical (unpaired) electrons. The molecule has 0 unspecified atom stereocenters. The van der Waals surface area contributed by atoms with Crippen molar-refractivity contribution in [1.82, 2.24) is 19.7 Å². The van der Waals surface area contributed by atoms with Crippen molar-refractivity contribution in [2.75, 3.05) is 18.4 Å². The van der Waals surface area contributed by atoms with E-state index in [0.29, 0.717) is 37.4 Å². The highest BCUT2D eigenvalue weighted by molar-refractivity contribution is 5.95. The zero-order valence-electron chi connectivity index (χ0n) is 19.3. The fourth-order valence-corrected chi connectivity index (χ4v) is 4.83. The Morgan fingerprint density at radius 3 is 2.47 bits per heavy atom. The zero-order valence-corrected chi connectivity index (χ0v) is 19.3. The van der Waals surface area contributed by atoms with E-state index in [1.165, 1.54) is 12.1 Å². The molecule has 5 rings (SSSR count). The Hall–Kier alpha value is -3.55. The minimum atomic E-state index is -0.300. The molecule has 3 heterocycles. The normalized spacial score (nSPS) is 16.2. The Labute approximate surface area is 198 Å². The number of carbonyl (C=O) groups is 2. The summed E-state index contributed by atoms with van der Waals surface area (Å²) in [7, 11) is 0. The molecule has 1 aliphatic carbocycles. The summed E-state index contributed by atoms with van der Waals surface area (Å²) in [5.74, 6) is -0.0458. The van der Waals surface area contributed by atoms with Crippen LogP contribution in [0.25, 0.3) is 5.69 Å². The lowest BCUT2D eigenvalue weighted by atomic mass is 9.93. The van der Waals surface area contributed by atoms with Crippen LogP contribution in [0.1, 0.15) is 53.0 Å². The average molecular weight is 462 g/mol. The Morgan fingerprint density at radius 2 is 1.76 bits per heavy atom. The number of benzene rings is 1. The van der Waals surface area contributed by atoms with Crippen molar-refractivity contribution in [1.29, 1.82) is 0 Å². The lowest BCUT2D eigenvalue weighted by Crippen LogP contribution is -2.42. The number of halogens is 1. The fourth-order valence-electron chi connectivity index (χ4n) is 4.83. The van der Waals surface area contributed by atoms with Crippen molar-refractivity contribution in [2.24, 2.45) is 5.92 Å². The summed E-state index contributed by atoms with van der Waals surface area (Å²) in [4.78, 5) is 32.2. The smallest absolute Gasteiger partial charge is 0.274 e. The van der Waals surface area contributed by atoms with Gasteiger partial charge in [-0.05, 0) is 81.3 Å². The first-order valence-electron chi connectivity index (χ1n) is 11.9. The summed E-state index contributed by atoms with van der Waals surface area (Å²) in [6.45, 7) is 2.97. The molecule has 2 aliphatic rings. The zero-order chi connectivity index (χ0) is 23.7. The van der Waals surface area contributed by atoms with Gasteiger partial charge in [-0.25, -0.2) is 14.1 Å². The summed E-state index contributed by atoms with van der Waals surface area (Å²) in [5, 5.41) is 7.58. The lowest BCUT2D eigenvalue weighted by molar-refractivity contribution is -0.121. The molecule has 2 amide bonds. The maximum absolute atomic E-state index is 13.4. The molecule has 2 aromatic heterocycles. The number of pyridine rings is 1. The number of carbonyl (C=O) groups excluding carboxylic acids is 2. The van der Waals surface area contributed by atoms with E-state index in [-0.39, 0.29) is 23.5 Å². The van der Waals surface area contributed by atoms with Gasteiger partial charge in [0.05, 0.1) is 5.69 Å². The topological polar surface area (TPSA) is 80.1 Å². The molecule has 0 atom stereocenters. The monoisotopic (exact) mass is 461 g/mol. The molecule has 176 valence electrons. The molecular formula is C26H28FN5O2. The molecule has 1 aromatic carbocycles. The Bertz CT molecular complexity index is 1200. The molecule has 1 aliphatic heterocycles. The van der Waals surface area contributed by atoms with E-state index in [0.717, 1.165) is 48.2 Å². The number of nitrogens with one attached hydrogen (secondary N) is 1. The summed E-state index contributed by atoms with van der Waals surface area (Å²) < 4.78 is 15.2. The number of anilines is 1. The molecular weight excluding hydrogens is 433 g/mol. The number of fused-ring (bicyclic) bond motifs is 1.